The van der Waals surface area contributed by atoms with Crippen molar-refractivity contribution >= 4 is 12.1 Å². The highest BCUT2D eigenvalue weighted by atomic mass is 19.4. The van der Waals surface area contributed by atoms with Crippen molar-refractivity contribution in [2.75, 3.05) is 6.79 Å². The van der Waals surface area contributed by atoms with E-state index >= 15 is 0 Å². The number of hydrazone groups is 1. The molecule has 0 bridgehead atoms. The molecule has 0 saturated heterocycles. The molecule has 5 nitrogen and oxygen atoms in total. The van der Waals surface area contributed by atoms with Crippen molar-refractivity contribution in [1.82, 2.24) is 5.43 Å². The largest absolute Gasteiger partial charge is 0.454 e. The van der Waals surface area contributed by atoms with E-state index in [0.29, 0.717) is 11.5 Å². The molecule has 0 unspecified atom stereocenters. The van der Waals surface area contributed by atoms with Gasteiger partial charge >= 0.3 is 6.18 Å². The minimum atomic E-state index is -4.50. The molecule has 24 heavy (non-hydrogen) atoms. The fourth-order valence-electron chi connectivity index (χ4n) is 2.13. The average Bonchev–Trinajstić information content (AvgIpc) is 3.01. The number of nitrogens with one attached hydrogen (secondary N) is 1. The third kappa shape index (κ3) is 3.32. The molecule has 1 aliphatic rings. The van der Waals surface area contributed by atoms with Crippen molar-refractivity contribution in [2.45, 2.75) is 6.18 Å². The number of carbonyl (C=O) groups excluding carboxylic acids is 1. The van der Waals surface area contributed by atoms with Gasteiger partial charge in [0, 0.05) is 11.1 Å². The molecule has 124 valence electrons. The summed E-state index contributed by atoms with van der Waals surface area (Å²) in [6.07, 6.45) is -3.54. The van der Waals surface area contributed by atoms with Crippen LogP contribution in [0.1, 0.15) is 21.5 Å². The van der Waals surface area contributed by atoms with E-state index in [2.05, 4.69) is 10.5 Å². The van der Waals surface area contributed by atoms with E-state index in [-0.39, 0.29) is 17.9 Å². The third-order valence-corrected chi connectivity index (χ3v) is 3.27. The maximum Gasteiger partial charge on any atom is 0.417 e. The van der Waals surface area contributed by atoms with Crippen LogP contribution in [0.4, 0.5) is 13.2 Å². The first-order valence-electron chi connectivity index (χ1n) is 6.84. The fourth-order valence-corrected chi connectivity index (χ4v) is 2.13. The van der Waals surface area contributed by atoms with E-state index in [0.717, 1.165) is 12.3 Å². The molecule has 2 aromatic rings. The Labute approximate surface area is 134 Å². The zero-order valence-electron chi connectivity index (χ0n) is 12.1. The van der Waals surface area contributed by atoms with Crippen LogP contribution in [0.3, 0.4) is 0 Å². The van der Waals surface area contributed by atoms with Crippen molar-refractivity contribution in [3.63, 3.8) is 0 Å². The summed E-state index contributed by atoms with van der Waals surface area (Å²) in [4.78, 5) is 12.0. The van der Waals surface area contributed by atoms with Gasteiger partial charge in [-0.3, -0.25) is 4.79 Å². The smallest absolute Gasteiger partial charge is 0.417 e. The van der Waals surface area contributed by atoms with Gasteiger partial charge in [0.05, 0.1) is 11.8 Å². The van der Waals surface area contributed by atoms with E-state index in [1.807, 2.05) is 0 Å². The van der Waals surface area contributed by atoms with E-state index in [4.69, 9.17) is 9.47 Å². The summed E-state index contributed by atoms with van der Waals surface area (Å²) in [7, 11) is 0. The molecular weight excluding hydrogens is 325 g/mol. The minimum absolute atomic E-state index is 0.0762. The quantitative estimate of drug-likeness (QED) is 0.692. The second-order valence-electron chi connectivity index (χ2n) is 4.85. The van der Waals surface area contributed by atoms with Gasteiger partial charge in [-0.15, -0.1) is 0 Å². The monoisotopic (exact) mass is 336 g/mol. The van der Waals surface area contributed by atoms with Gasteiger partial charge in [0.15, 0.2) is 11.5 Å². The summed E-state index contributed by atoms with van der Waals surface area (Å²) in [5, 5.41) is 3.59. The molecule has 8 heteroatoms. The topological polar surface area (TPSA) is 59.9 Å². The summed E-state index contributed by atoms with van der Waals surface area (Å²) in [5.41, 5.74) is 1.46. The van der Waals surface area contributed by atoms with E-state index in [9.17, 15) is 18.0 Å². The Morgan fingerprint density at radius 3 is 2.67 bits per heavy atom. The Morgan fingerprint density at radius 2 is 1.88 bits per heavy atom. The molecule has 0 atom stereocenters. The molecule has 1 aliphatic heterocycles. The fraction of sp³-hybridized carbons (Fsp3) is 0.125. The second-order valence-corrected chi connectivity index (χ2v) is 4.85. The van der Waals surface area contributed by atoms with Gasteiger partial charge in [-0.1, -0.05) is 18.2 Å². The zero-order chi connectivity index (χ0) is 17.2. The van der Waals surface area contributed by atoms with Crippen molar-refractivity contribution in [3.8, 4) is 11.5 Å². The first-order valence-corrected chi connectivity index (χ1v) is 6.84. The molecule has 0 radical (unpaired) electrons. The van der Waals surface area contributed by atoms with Crippen molar-refractivity contribution < 1.29 is 27.4 Å². The predicted molar refractivity (Wildman–Crippen MR) is 79.1 cm³/mol. The normalized spacial score (nSPS) is 13.3. The lowest BCUT2D eigenvalue weighted by atomic mass is 10.1. The Morgan fingerprint density at radius 1 is 1.12 bits per heavy atom. The highest BCUT2D eigenvalue weighted by molar-refractivity contribution is 5.95. The van der Waals surface area contributed by atoms with Crippen LogP contribution in [0, 0.1) is 0 Å². The number of halogens is 3. The SMILES string of the molecule is O=C(NN=Cc1ccccc1C(F)(F)F)c1ccc2c(c1)OCO2. The number of benzene rings is 2. The number of nitrogens with zero attached hydrogens (tertiary/aromatic N) is 1. The van der Waals surface area contributed by atoms with Gasteiger partial charge in [0.2, 0.25) is 6.79 Å². The molecule has 2 aromatic carbocycles. The highest BCUT2D eigenvalue weighted by Crippen LogP contribution is 2.32. The molecule has 0 fully saturated rings. The summed E-state index contributed by atoms with van der Waals surface area (Å²) in [5.74, 6) is 0.372. The number of ether oxygens (including phenoxy) is 2. The van der Waals surface area contributed by atoms with Crippen LogP contribution in [0.25, 0.3) is 0 Å². The Kier molecular flexibility index (Phi) is 4.11. The Bertz CT molecular complexity index is 803. The van der Waals surface area contributed by atoms with E-state index < -0.39 is 17.6 Å². The number of fused-ring (bicyclic) bond motifs is 1. The molecule has 1 N–H and O–H groups in total. The van der Waals surface area contributed by atoms with Crippen LogP contribution in [-0.4, -0.2) is 18.9 Å². The number of hydrogen-bond donors (Lipinski definition) is 1. The molecule has 1 amide bonds. The van der Waals surface area contributed by atoms with Crippen LogP contribution in [0.5, 0.6) is 11.5 Å². The third-order valence-electron chi connectivity index (χ3n) is 3.27. The van der Waals surface area contributed by atoms with Gasteiger partial charge in [-0.2, -0.15) is 18.3 Å². The van der Waals surface area contributed by atoms with Gasteiger partial charge in [-0.05, 0) is 24.3 Å². The summed E-state index contributed by atoms with van der Waals surface area (Å²) in [6.45, 7) is 0.0762. The maximum atomic E-state index is 12.9. The van der Waals surface area contributed by atoms with Crippen molar-refractivity contribution in [2.24, 2.45) is 5.10 Å². The van der Waals surface area contributed by atoms with Crippen molar-refractivity contribution in [3.05, 3.63) is 59.2 Å². The van der Waals surface area contributed by atoms with Gasteiger partial charge in [0.25, 0.3) is 5.91 Å². The summed E-state index contributed by atoms with van der Waals surface area (Å²) < 4.78 is 48.8. The van der Waals surface area contributed by atoms with Gasteiger partial charge in [0.1, 0.15) is 0 Å². The molecule has 0 aromatic heterocycles. The molecule has 0 spiro atoms. The van der Waals surface area contributed by atoms with Crippen LogP contribution in [0.15, 0.2) is 47.6 Å². The van der Waals surface area contributed by atoms with Crippen LogP contribution >= 0.6 is 0 Å². The molecule has 1 heterocycles. The lowest BCUT2D eigenvalue weighted by molar-refractivity contribution is -0.137. The number of rotatable bonds is 3. The first kappa shape index (κ1) is 15.9. The van der Waals surface area contributed by atoms with Crippen molar-refractivity contribution in [1.29, 1.82) is 0 Å². The van der Waals surface area contributed by atoms with E-state index in [1.54, 1.807) is 6.07 Å². The van der Waals surface area contributed by atoms with E-state index in [1.165, 1.54) is 30.3 Å². The molecule has 3 rings (SSSR count). The predicted octanol–water partition coefficient (Wildman–Crippen LogP) is 3.20. The van der Waals surface area contributed by atoms with Gasteiger partial charge in [-0.25, -0.2) is 5.43 Å². The Balaban J connectivity index is 1.72. The lowest BCUT2D eigenvalue weighted by Crippen LogP contribution is -2.18. The first-order chi connectivity index (χ1) is 11.4. The molecule has 0 saturated carbocycles. The number of carbonyl (C=O) groups is 1. The highest BCUT2D eigenvalue weighted by Gasteiger charge is 2.32. The zero-order valence-corrected chi connectivity index (χ0v) is 12.1. The Hall–Kier alpha value is -3.03. The molecular formula is C16H11F3N2O3. The average molecular weight is 336 g/mol. The summed E-state index contributed by atoms with van der Waals surface area (Å²) in [6, 6.07) is 9.49. The minimum Gasteiger partial charge on any atom is -0.454 e. The number of hydrogen-bond acceptors (Lipinski definition) is 4. The van der Waals surface area contributed by atoms with Gasteiger partial charge < -0.3 is 9.47 Å². The molecule has 0 aliphatic carbocycles. The maximum absolute atomic E-state index is 12.9. The number of amides is 1. The standard InChI is InChI=1S/C16H11F3N2O3/c17-16(18,19)12-4-2-1-3-11(12)8-20-21-15(22)10-5-6-13-14(7-10)24-9-23-13/h1-8H,9H2,(H,21,22). The summed E-state index contributed by atoms with van der Waals surface area (Å²) >= 11 is 0. The van der Waals surface area contributed by atoms with Crippen LogP contribution < -0.4 is 14.9 Å². The lowest BCUT2D eigenvalue weighted by Gasteiger charge is -2.09. The van der Waals surface area contributed by atoms with Crippen LogP contribution in [-0.2, 0) is 6.18 Å². The van der Waals surface area contributed by atoms with Crippen LogP contribution in [0.2, 0.25) is 0 Å². The number of alkyl halides is 3. The second kappa shape index (κ2) is 6.23.